The van der Waals surface area contributed by atoms with Crippen molar-refractivity contribution in [3.8, 4) is 0 Å². The molecule has 0 bridgehead atoms. The fraction of sp³-hybridized carbons (Fsp3) is 0.600. The molecule has 1 aliphatic rings. The number of aromatic amines is 1. The Bertz CT molecular complexity index is 869. The minimum Gasteiger partial charge on any atom is -0.446 e. The molecule has 2 aromatic rings. The van der Waals surface area contributed by atoms with Crippen molar-refractivity contribution >= 4 is 17.8 Å². The van der Waals surface area contributed by atoms with Gasteiger partial charge in [-0.15, -0.1) is 0 Å². The molecule has 164 valence electrons. The van der Waals surface area contributed by atoms with E-state index in [2.05, 4.69) is 25.9 Å². The number of amides is 2. The minimum atomic E-state index is -0.393. The van der Waals surface area contributed by atoms with E-state index in [1.54, 1.807) is 24.1 Å². The van der Waals surface area contributed by atoms with Gasteiger partial charge in [0.25, 0.3) is 5.91 Å². The lowest BCUT2D eigenvalue weighted by Gasteiger charge is -2.22. The first kappa shape index (κ1) is 21.8. The van der Waals surface area contributed by atoms with Crippen LogP contribution in [0.4, 0.5) is 10.6 Å². The SMILES string of the molecule is COCCn1nccc1C(=O)Nc1cc(C2CCC(OC(=O)NC(C)(C)C)C2)[nH]n1. The largest absolute Gasteiger partial charge is 0.446 e. The van der Waals surface area contributed by atoms with E-state index in [-0.39, 0.29) is 23.5 Å². The van der Waals surface area contributed by atoms with E-state index in [0.29, 0.717) is 24.7 Å². The fourth-order valence-electron chi connectivity index (χ4n) is 3.49. The van der Waals surface area contributed by atoms with Crippen LogP contribution in [0.5, 0.6) is 0 Å². The summed E-state index contributed by atoms with van der Waals surface area (Å²) in [6.07, 6.45) is 3.45. The maximum Gasteiger partial charge on any atom is 0.407 e. The van der Waals surface area contributed by atoms with E-state index < -0.39 is 6.09 Å². The van der Waals surface area contributed by atoms with Gasteiger partial charge in [-0.05, 0) is 46.1 Å². The summed E-state index contributed by atoms with van der Waals surface area (Å²) in [7, 11) is 1.60. The summed E-state index contributed by atoms with van der Waals surface area (Å²) in [5.74, 6) is 0.361. The lowest BCUT2D eigenvalue weighted by Crippen LogP contribution is -2.42. The Morgan fingerprint density at radius 2 is 2.13 bits per heavy atom. The molecule has 2 atom stereocenters. The quantitative estimate of drug-likeness (QED) is 0.635. The third kappa shape index (κ3) is 5.82. The molecule has 0 spiro atoms. The molecule has 2 amide bonds. The number of nitrogens with zero attached hydrogens (tertiary/aromatic N) is 3. The number of anilines is 1. The van der Waals surface area contributed by atoms with Gasteiger partial charge in [-0.25, -0.2) is 4.79 Å². The van der Waals surface area contributed by atoms with Crippen LogP contribution in [-0.4, -0.2) is 57.3 Å². The van der Waals surface area contributed by atoms with Gasteiger partial charge in [-0.1, -0.05) is 0 Å². The van der Waals surface area contributed by atoms with Gasteiger partial charge >= 0.3 is 6.09 Å². The molecular weight excluding hydrogens is 388 g/mol. The van der Waals surface area contributed by atoms with Crippen LogP contribution < -0.4 is 10.6 Å². The number of rotatable bonds is 7. The van der Waals surface area contributed by atoms with Crippen molar-refractivity contribution in [1.82, 2.24) is 25.3 Å². The van der Waals surface area contributed by atoms with Crippen molar-refractivity contribution in [2.45, 2.75) is 64.1 Å². The Balaban J connectivity index is 1.54. The van der Waals surface area contributed by atoms with Crippen molar-refractivity contribution in [3.05, 3.63) is 29.7 Å². The highest BCUT2D eigenvalue weighted by Gasteiger charge is 2.30. The number of hydrogen-bond donors (Lipinski definition) is 3. The maximum absolute atomic E-state index is 12.5. The fourth-order valence-corrected chi connectivity index (χ4v) is 3.49. The summed E-state index contributed by atoms with van der Waals surface area (Å²) >= 11 is 0. The highest BCUT2D eigenvalue weighted by Crippen LogP contribution is 2.35. The number of nitrogens with one attached hydrogen (secondary N) is 3. The zero-order valence-corrected chi connectivity index (χ0v) is 17.9. The van der Waals surface area contributed by atoms with Crippen molar-refractivity contribution < 1.29 is 19.1 Å². The molecule has 2 aromatic heterocycles. The second-order valence-corrected chi connectivity index (χ2v) is 8.51. The van der Waals surface area contributed by atoms with Gasteiger partial charge in [-0.2, -0.15) is 10.2 Å². The zero-order chi connectivity index (χ0) is 21.7. The van der Waals surface area contributed by atoms with E-state index in [1.165, 1.54) is 0 Å². The lowest BCUT2D eigenvalue weighted by atomic mass is 10.0. The van der Waals surface area contributed by atoms with Gasteiger partial charge in [0.05, 0.1) is 13.2 Å². The van der Waals surface area contributed by atoms with Crippen molar-refractivity contribution in [3.63, 3.8) is 0 Å². The topological polar surface area (TPSA) is 123 Å². The monoisotopic (exact) mass is 418 g/mol. The van der Waals surface area contributed by atoms with Gasteiger partial charge < -0.3 is 20.1 Å². The first-order valence-electron chi connectivity index (χ1n) is 10.1. The third-order valence-corrected chi connectivity index (χ3v) is 4.87. The van der Waals surface area contributed by atoms with Crippen LogP contribution in [0.2, 0.25) is 0 Å². The molecule has 1 aliphatic carbocycles. The van der Waals surface area contributed by atoms with Crippen LogP contribution in [0, 0.1) is 0 Å². The predicted octanol–water partition coefficient (Wildman–Crippen LogP) is 2.67. The Kier molecular flexibility index (Phi) is 6.76. The molecule has 0 aliphatic heterocycles. The Morgan fingerprint density at radius 3 is 2.87 bits per heavy atom. The summed E-state index contributed by atoms with van der Waals surface area (Å²) in [6.45, 7) is 6.70. The third-order valence-electron chi connectivity index (χ3n) is 4.87. The Morgan fingerprint density at radius 1 is 1.33 bits per heavy atom. The summed E-state index contributed by atoms with van der Waals surface area (Å²) in [4.78, 5) is 24.5. The van der Waals surface area contributed by atoms with Crippen LogP contribution in [0.3, 0.4) is 0 Å². The second-order valence-electron chi connectivity index (χ2n) is 8.51. The molecule has 0 aromatic carbocycles. The average Bonchev–Trinajstić information content (AvgIpc) is 3.38. The molecule has 2 unspecified atom stereocenters. The maximum atomic E-state index is 12.5. The van der Waals surface area contributed by atoms with E-state index >= 15 is 0 Å². The summed E-state index contributed by atoms with van der Waals surface area (Å²) in [6, 6.07) is 3.48. The highest BCUT2D eigenvalue weighted by molar-refractivity contribution is 6.02. The van der Waals surface area contributed by atoms with Gasteiger partial charge in [0, 0.05) is 36.5 Å². The van der Waals surface area contributed by atoms with E-state index in [0.717, 1.165) is 25.0 Å². The van der Waals surface area contributed by atoms with E-state index in [1.807, 2.05) is 26.8 Å². The number of carbonyl (C=O) groups is 2. The van der Waals surface area contributed by atoms with Gasteiger partial charge in [0.2, 0.25) is 0 Å². The first-order valence-corrected chi connectivity index (χ1v) is 10.1. The van der Waals surface area contributed by atoms with E-state index in [9.17, 15) is 9.59 Å². The molecular formula is C20H30N6O4. The molecule has 10 nitrogen and oxygen atoms in total. The second kappa shape index (κ2) is 9.29. The summed E-state index contributed by atoms with van der Waals surface area (Å²) < 4.78 is 12.2. The van der Waals surface area contributed by atoms with Crippen LogP contribution in [0.25, 0.3) is 0 Å². The highest BCUT2D eigenvalue weighted by atomic mass is 16.6. The molecule has 0 saturated heterocycles. The molecule has 3 N–H and O–H groups in total. The van der Waals surface area contributed by atoms with Gasteiger partial charge in [0.15, 0.2) is 5.82 Å². The number of H-pyrrole nitrogens is 1. The van der Waals surface area contributed by atoms with Crippen LogP contribution in [-0.2, 0) is 16.0 Å². The summed E-state index contributed by atoms with van der Waals surface area (Å²) in [5.41, 5.74) is 1.03. The smallest absolute Gasteiger partial charge is 0.407 e. The van der Waals surface area contributed by atoms with Crippen LogP contribution >= 0.6 is 0 Å². The normalized spacial score (nSPS) is 18.9. The van der Waals surface area contributed by atoms with Crippen LogP contribution in [0.15, 0.2) is 18.3 Å². The van der Waals surface area contributed by atoms with Crippen molar-refractivity contribution in [1.29, 1.82) is 0 Å². The average molecular weight is 418 g/mol. The van der Waals surface area contributed by atoms with Crippen LogP contribution in [0.1, 0.15) is 62.1 Å². The lowest BCUT2D eigenvalue weighted by molar-refractivity contribution is 0.0935. The first-order chi connectivity index (χ1) is 14.2. The molecule has 2 heterocycles. The number of alkyl carbamates (subject to hydrolysis) is 1. The standard InChI is InChI=1S/C20H30N6O4/c1-20(2,3)23-19(28)30-14-6-5-13(11-14)15-12-17(25-24-15)22-18(27)16-7-8-21-26(16)9-10-29-4/h7-8,12-14H,5-6,9-11H2,1-4H3,(H,23,28)(H2,22,24,25,27). The molecule has 1 saturated carbocycles. The molecule has 10 heteroatoms. The number of carbonyl (C=O) groups excluding carboxylic acids is 2. The Hall–Kier alpha value is -2.88. The van der Waals surface area contributed by atoms with Gasteiger partial charge in [0.1, 0.15) is 11.8 Å². The molecule has 3 rings (SSSR count). The van der Waals surface area contributed by atoms with Crippen molar-refractivity contribution in [2.75, 3.05) is 19.0 Å². The number of hydrogen-bond acceptors (Lipinski definition) is 6. The zero-order valence-electron chi connectivity index (χ0n) is 17.9. The molecule has 30 heavy (non-hydrogen) atoms. The molecule has 0 radical (unpaired) electrons. The Labute approximate surface area is 175 Å². The number of aromatic nitrogens is 4. The van der Waals surface area contributed by atoms with Crippen molar-refractivity contribution in [2.24, 2.45) is 0 Å². The predicted molar refractivity (Wildman–Crippen MR) is 110 cm³/mol. The minimum absolute atomic E-state index is 0.131. The number of ether oxygens (including phenoxy) is 2. The van der Waals surface area contributed by atoms with E-state index in [4.69, 9.17) is 9.47 Å². The molecule has 1 fully saturated rings. The summed E-state index contributed by atoms with van der Waals surface area (Å²) in [5, 5.41) is 17.0. The van der Waals surface area contributed by atoms with Gasteiger partial charge in [-0.3, -0.25) is 14.6 Å². The number of methoxy groups -OCH3 is 1.